The summed E-state index contributed by atoms with van der Waals surface area (Å²) in [6.07, 6.45) is 9.65. The highest BCUT2D eigenvalue weighted by Crippen LogP contribution is 2.24. The highest BCUT2D eigenvalue weighted by atomic mass is 16.6. The van der Waals surface area contributed by atoms with Gasteiger partial charge in [-0.25, -0.2) is 9.59 Å². The summed E-state index contributed by atoms with van der Waals surface area (Å²) in [6.45, 7) is 9.16. The Morgan fingerprint density at radius 3 is 1.46 bits per heavy atom. The minimum Gasteiger partial charge on any atom is -0.468 e. The second-order valence-electron chi connectivity index (χ2n) is 21.9. The lowest BCUT2D eigenvalue weighted by molar-refractivity contribution is -0.143. The topological polar surface area (TPSA) is 347 Å². The quantitative estimate of drug-likeness (QED) is 0.0612. The monoisotopic (exact) mass is 1170 g/mol. The van der Waals surface area contributed by atoms with E-state index in [2.05, 4.69) is 42.0 Å². The number of benzene rings is 1. The van der Waals surface area contributed by atoms with Crippen LogP contribution in [0.4, 0.5) is 9.59 Å². The number of Topliss-reactive ketones (excluding diaryl/α,β-unsaturated/α-hetero) is 1. The zero-order chi connectivity index (χ0) is 61.0. The van der Waals surface area contributed by atoms with Crippen LogP contribution in [0, 0.1) is 11.8 Å². The Morgan fingerprint density at radius 1 is 0.602 bits per heavy atom. The molecule has 0 aliphatic carbocycles. The fourth-order valence-corrected chi connectivity index (χ4v) is 9.71. The first-order valence-electron chi connectivity index (χ1n) is 28.8. The molecular formula is C58H87N9O16. The summed E-state index contributed by atoms with van der Waals surface area (Å²) in [5, 5.41) is 39.7. The second-order valence-corrected chi connectivity index (χ2v) is 21.9. The maximum atomic E-state index is 13.6. The summed E-state index contributed by atoms with van der Waals surface area (Å²) in [5.74, 6) is -4.75. The number of fused-ring (bicyclic) bond motifs is 2. The number of nitrogens with zero attached hydrogens (tertiary/aromatic N) is 2. The minimum atomic E-state index is -1.68. The van der Waals surface area contributed by atoms with Crippen molar-refractivity contribution in [2.75, 3.05) is 46.5 Å². The van der Waals surface area contributed by atoms with Crippen molar-refractivity contribution < 1.29 is 77.2 Å². The molecule has 0 aromatic heterocycles. The van der Waals surface area contributed by atoms with Crippen LogP contribution >= 0.6 is 0 Å². The SMILES string of the molecule is CC(=O)[C@@H](NC(=O)CNC(=O)C(O)[C@@H]1CCC/C=C\CC[C@H](NC(=O)OCC(C)C)C(=O)N2CCC[C@H]2C(=O)N1)c1ccccc1.COC(=O)CNC(=O)C(O)[C@@H]1CCC/C=C\CC[C@H](NC(=O)OCC(C)C)C(=O)N2CCC[C@H]2C(=O)N1. The molecular weight excluding hydrogens is 1080 g/mol. The summed E-state index contributed by atoms with van der Waals surface area (Å²) in [5.41, 5.74) is 0.596. The number of hydrogen-bond donors (Lipinski definition) is 9. The summed E-state index contributed by atoms with van der Waals surface area (Å²) >= 11 is 0. The second kappa shape index (κ2) is 35.6. The maximum Gasteiger partial charge on any atom is 0.407 e. The number of methoxy groups -OCH3 is 1. The number of amides is 9. The van der Waals surface area contributed by atoms with Crippen molar-refractivity contribution >= 4 is 65.3 Å². The number of alkyl carbamates (subject to hydrolysis) is 2. The molecule has 4 aliphatic rings. The molecule has 0 saturated carbocycles. The number of rotatable bonds is 17. The van der Waals surface area contributed by atoms with Crippen molar-refractivity contribution in [2.45, 2.75) is 179 Å². The molecule has 2 saturated heterocycles. The number of esters is 1. The van der Waals surface area contributed by atoms with Crippen LogP contribution in [0.1, 0.15) is 136 Å². The summed E-state index contributed by atoms with van der Waals surface area (Å²) < 4.78 is 14.9. The minimum absolute atomic E-state index is 0.126. The number of aliphatic hydroxyl groups excluding tert-OH is 2. The number of carbonyl (C=O) groups excluding carboxylic acids is 11. The van der Waals surface area contributed by atoms with Gasteiger partial charge in [0.1, 0.15) is 36.8 Å². The molecule has 9 amide bonds. The highest BCUT2D eigenvalue weighted by Gasteiger charge is 2.41. The smallest absolute Gasteiger partial charge is 0.407 e. The van der Waals surface area contributed by atoms with Crippen LogP contribution in [-0.2, 0) is 57.4 Å². The molecule has 83 heavy (non-hydrogen) atoms. The molecule has 4 aliphatic heterocycles. The Kier molecular flexibility index (Phi) is 29.2. The third-order valence-corrected chi connectivity index (χ3v) is 14.2. The molecule has 460 valence electrons. The third kappa shape index (κ3) is 23.0. The van der Waals surface area contributed by atoms with Crippen molar-refractivity contribution in [3.63, 3.8) is 0 Å². The Labute approximate surface area is 485 Å². The fourth-order valence-electron chi connectivity index (χ4n) is 9.71. The molecule has 1 aromatic rings. The van der Waals surface area contributed by atoms with Gasteiger partial charge in [0.2, 0.25) is 29.5 Å². The molecule has 0 bridgehead atoms. The number of nitrogens with one attached hydrogen (secondary N) is 7. The van der Waals surface area contributed by atoms with Crippen molar-refractivity contribution in [1.29, 1.82) is 0 Å². The zero-order valence-corrected chi connectivity index (χ0v) is 48.7. The Balaban J connectivity index is 0.000000365. The van der Waals surface area contributed by atoms with Crippen molar-refractivity contribution in [3.8, 4) is 0 Å². The maximum absolute atomic E-state index is 13.6. The highest BCUT2D eigenvalue weighted by molar-refractivity contribution is 5.95. The number of hydrogen-bond acceptors (Lipinski definition) is 16. The van der Waals surface area contributed by atoms with E-state index in [-0.39, 0.29) is 43.2 Å². The molecule has 2 unspecified atom stereocenters. The normalized spacial score (nSPS) is 23.7. The molecule has 9 N–H and O–H groups in total. The number of aliphatic hydroxyl groups is 2. The lowest BCUT2D eigenvalue weighted by Gasteiger charge is -2.31. The molecule has 25 heteroatoms. The van der Waals surface area contributed by atoms with Crippen LogP contribution in [0.3, 0.4) is 0 Å². The molecule has 4 heterocycles. The number of carbonyl (C=O) groups is 11. The van der Waals surface area contributed by atoms with Crippen LogP contribution in [0.2, 0.25) is 0 Å². The molecule has 1 aromatic carbocycles. The van der Waals surface area contributed by atoms with Gasteiger partial charge in [0.25, 0.3) is 11.8 Å². The van der Waals surface area contributed by atoms with E-state index in [4.69, 9.17) is 9.47 Å². The molecule has 0 radical (unpaired) electrons. The van der Waals surface area contributed by atoms with Crippen LogP contribution in [-0.4, -0.2) is 180 Å². The summed E-state index contributed by atoms with van der Waals surface area (Å²) in [6, 6.07) is 2.51. The number of allylic oxidation sites excluding steroid dienone is 4. The first-order chi connectivity index (χ1) is 39.6. The molecule has 0 spiro atoms. The molecule has 5 rings (SSSR count). The average molecular weight is 1170 g/mol. The van der Waals surface area contributed by atoms with E-state index < -0.39 is 121 Å². The fraction of sp³-hybridized carbons (Fsp3) is 0.638. The Hall–Kier alpha value is -7.41. The summed E-state index contributed by atoms with van der Waals surface area (Å²) in [7, 11) is 1.18. The van der Waals surface area contributed by atoms with Gasteiger partial charge >= 0.3 is 18.2 Å². The van der Waals surface area contributed by atoms with E-state index in [0.29, 0.717) is 102 Å². The van der Waals surface area contributed by atoms with Gasteiger partial charge in [0.15, 0.2) is 18.0 Å². The van der Waals surface area contributed by atoms with Crippen LogP contribution in [0.25, 0.3) is 0 Å². The van der Waals surface area contributed by atoms with Crippen molar-refractivity contribution in [3.05, 3.63) is 60.2 Å². The predicted molar refractivity (Wildman–Crippen MR) is 302 cm³/mol. The van der Waals surface area contributed by atoms with E-state index in [1.807, 2.05) is 52.0 Å². The van der Waals surface area contributed by atoms with Gasteiger partial charge in [-0.15, -0.1) is 0 Å². The predicted octanol–water partition coefficient (Wildman–Crippen LogP) is 2.04. The third-order valence-electron chi connectivity index (χ3n) is 14.2. The molecule has 25 nitrogen and oxygen atoms in total. The van der Waals surface area contributed by atoms with Gasteiger partial charge in [-0.05, 0) is 114 Å². The van der Waals surface area contributed by atoms with E-state index in [1.54, 1.807) is 30.3 Å². The van der Waals surface area contributed by atoms with E-state index in [1.165, 1.54) is 23.8 Å². The van der Waals surface area contributed by atoms with E-state index in [9.17, 15) is 63.0 Å². The van der Waals surface area contributed by atoms with Gasteiger partial charge < -0.3 is 71.4 Å². The van der Waals surface area contributed by atoms with E-state index >= 15 is 0 Å². The van der Waals surface area contributed by atoms with Gasteiger partial charge in [-0.2, -0.15) is 0 Å². The summed E-state index contributed by atoms with van der Waals surface area (Å²) in [4.78, 5) is 143. The van der Waals surface area contributed by atoms with Crippen LogP contribution < -0.4 is 37.2 Å². The largest absolute Gasteiger partial charge is 0.468 e. The lowest BCUT2D eigenvalue weighted by atomic mass is 10.0. The number of ketones is 1. The van der Waals surface area contributed by atoms with Gasteiger partial charge in [-0.1, -0.05) is 82.3 Å². The van der Waals surface area contributed by atoms with Gasteiger partial charge in [-0.3, -0.25) is 43.2 Å². The van der Waals surface area contributed by atoms with Crippen molar-refractivity contribution in [2.24, 2.45) is 11.8 Å². The van der Waals surface area contributed by atoms with Gasteiger partial charge in [0.05, 0.1) is 39.0 Å². The van der Waals surface area contributed by atoms with Crippen LogP contribution in [0.5, 0.6) is 0 Å². The number of ether oxygens (including phenoxy) is 3. The van der Waals surface area contributed by atoms with Crippen molar-refractivity contribution in [1.82, 2.24) is 47.0 Å². The zero-order valence-electron chi connectivity index (χ0n) is 48.7. The Morgan fingerprint density at radius 2 is 1.04 bits per heavy atom. The molecule has 2 fully saturated rings. The van der Waals surface area contributed by atoms with Gasteiger partial charge in [0, 0.05) is 13.1 Å². The average Bonchev–Trinajstić information content (AvgIpc) is 4.32. The van der Waals surface area contributed by atoms with Crippen LogP contribution in [0.15, 0.2) is 54.6 Å². The Bertz CT molecular complexity index is 2420. The molecule has 9 atom stereocenters. The first-order valence-corrected chi connectivity index (χ1v) is 28.8. The lowest BCUT2D eigenvalue weighted by Crippen LogP contribution is -2.57. The van der Waals surface area contributed by atoms with E-state index in [0.717, 1.165) is 0 Å². The first kappa shape index (κ1) is 68.1. The standard InChI is InChI=1S/C33H47N5O8.C25H40N4O8/c1-21(2)20-46-33(45)36-25-16-11-6-4-5-10-15-24(35-30(42)26-17-12-18-38(26)32(25)44)29(41)31(43)34-19-27(40)37-28(22(3)39)23-13-8-7-9-14-23;1-16(2)15-37-25(35)28-18-11-8-6-4-5-7-10-17(21(31)23(33)26-14-20(30)36-3)27-22(32)19-12-9-13-29(19)24(18)34/h4,6-9,13-14,21,24-26,28-29,41H,5,10-12,15-20H2,1-3H3,(H,34,43)(H,35,42)(H,36,45)(H,37,40);4,6,16-19,21,31H,5,7-15H2,1-3H3,(H,26,33)(H,27,32)(H,28,35)/b2*6-4-/t24-,25-,26-,28+,29?;17-,18-,19-,21?/m00/s1.